The van der Waals surface area contributed by atoms with Crippen LogP contribution in [0.4, 0.5) is 0 Å². The maximum Gasteiger partial charge on any atom is 0.305 e. The molecule has 0 saturated heterocycles. The molecule has 0 aliphatic heterocycles. The summed E-state index contributed by atoms with van der Waals surface area (Å²) in [5.41, 5.74) is 5.64. The van der Waals surface area contributed by atoms with Crippen molar-refractivity contribution in [2.24, 2.45) is 5.73 Å². The Morgan fingerprint density at radius 1 is 1.53 bits per heavy atom. The van der Waals surface area contributed by atoms with Crippen molar-refractivity contribution in [3.8, 4) is 0 Å². The molecule has 1 aliphatic carbocycles. The van der Waals surface area contributed by atoms with E-state index < -0.39 is 12.0 Å². The number of carbonyl (C=O) groups excluding carboxylic acids is 1. The number of carboxylic acids is 1. The molecule has 1 aliphatic rings. The van der Waals surface area contributed by atoms with Gasteiger partial charge in [0.1, 0.15) is 0 Å². The molecule has 5 nitrogen and oxygen atoms in total. The van der Waals surface area contributed by atoms with E-state index in [4.69, 9.17) is 10.8 Å². The van der Waals surface area contributed by atoms with Gasteiger partial charge in [0, 0.05) is 16.8 Å². The first-order valence-electron chi connectivity index (χ1n) is 6.32. The van der Waals surface area contributed by atoms with Gasteiger partial charge in [-0.15, -0.1) is 11.3 Å². The molecule has 2 rings (SSSR count). The fourth-order valence-corrected chi connectivity index (χ4v) is 3.04. The van der Waals surface area contributed by atoms with E-state index in [2.05, 4.69) is 5.32 Å². The number of nitrogens with one attached hydrogen (secondary N) is 1. The Bertz CT molecular complexity index is 454. The Balaban J connectivity index is 1.95. The van der Waals surface area contributed by atoms with Crippen molar-refractivity contribution < 1.29 is 14.7 Å². The number of aliphatic carboxylic acids is 1. The molecule has 1 amide bonds. The molecule has 0 bridgehead atoms. The predicted molar refractivity (Wildman–Crippen MR) is 72.8 cm³/mol. The van der Waals surface area contributed by atoms with Crippen molar-refractivity contribution in [2.45, 2.75) is 43.7 Å². The number of carbonyl (C=O) groups is 2. The van der Waals surface area contributed by atoms with Gasteiger partial charge in [-0.05, 0) is 30.7 Å². The molecule has 4 N–H and O–H groups in total. The summed E-state index contributed by atoms with van der Waals surface area (Å²) in [7, 11) is 0. The highest BCUT2D eigenvalue weighted by molar-refractivity contribution is 7.10. The first kappa shape index (κ1) is 14.0. The van der Waals surface area contributed by atoms with Crippen molar-refractivity contribution in [1.82, 2.24) is 5.32 Å². The van der Waals surface area contributed by atoms with Gasteiger partial charge in [0.15, 0.2) is 0 Å². The lowest BCUT2D eigenvalue weighted by Crippen LogP contribution is -2.50. The minimum absolute atomic E-state index is 0.107. The number of amides is 1. The van der Waals surface area contributed by atoms with Crippen molar-refractivity contribution in [3.63, 3.8) is 0 Å². The summed E-state index contributed by atoms with van der Waals surface area (Å²) < 4.78 is 0. The summed E-state index contributed by atoms with van der Waals surface area (Å²) in [5.74, 6) is -1.09. The maximum atomic E-state index is 12.0. The van der Waals surface area contributed by atoms with Gasteiger partial charge in [-0.25, -0.2) is 0 Å². The summed E-state index contributed by atoms with van der Waals surface area (Å²) in [6, 6.07) is 3.21. The van der Waals surface area contributed by atoms with E-state index in [1.807, 2.05) is 17.5 Å². The molecule has 0 aromatic carbocycles. The van der Waals surface area contributed by atoms with Crippen molar-refractivity contribution in [2.75, 3.05) is 0 Å². The average molecular weight is 282 g/mol. The molecule has 19 heavy (non-hydrogen) atoms. The van der Waals surface area contributed by atoms with E-state index >= 15 is 0 Å². The Kier molecular flexibility index (Phi) is 4.21. The quantitative estimate of drug-likeness (QED) is 0.739. The zero-order valence-electron chi connectivity index (χ0n) is 10.6. The van der Waals surface area contributed by atoms with Gasteiger partial charge in [-0.1, -0.05) is 6.07 Å². The van der Waals surface area contributed by atoms with Crippen LogP contribution >= 0.6 is 11.3 Å². The minimum atomic E-state index is -0.926. The van der Waals surface area contributed by atoms with Crippen molar-refractivity contribution >= 4 is 23.2 Å². The Morgan fingerprint density at radius 3 is 2.74 bits per heavy atom. The maximum absolute atomic E-state index is 12.0. The van der Waals surface area contributed by atoms with Crippen LogP contribution in [0.5, 0.6) is 0 Å². The molecule has 1 aromatic heterocycles. The molecule has 6 heteroatoms. The fraction of sp³-hybridized carbons (Fsp3) is 0.538. The Labute approximate surface area is 115 Å². The van der Waals surface area contributed by atoms with Crippen molar-refractivity contribution in [1.29, 1.82) is 0 Å². The van der Waals surface area contributed by atoms with Crippen LogP contribution in [-0.2, 0) is 9.59 Å². The third-order valence-corrected chi connectivity index (χ3v) is 4.45. The van der Waals surface area contributed by atoms with E-state index in [9.17, 15) is 9.59 Å². The lowest BCUT2D eigenvalue weighted by atomic mass is 9.75. The molecule has 0 radical (unpaired) electrons. The normalized spacial score (nSPS) is 18.4. The molecule has 1 aromatic rings. The predicted octanol–water partition coefficient (Wildman–Crippen LogP) is 1.65. The van der Waals surface area contributed by atoms with E-state index in [0.29, 0.717) is 0 Å². The zero-order valence-corrected chi connectivity index (χ0v) is 11.4. The van der Waals surface area contributed by atoms with Gasteiger partial charge in [-0.3, -0.25) is 9.59 Å². The van der Waals surface area contributed by atoms with Crippen LogP contribution in [0.3, 0.4) is 0 Å². The van der Waals surface area contributed by atoms with Crippen LogP contribution in [0.25, 0.3) is 0 Å². The number of carboxylic acid groups (broad SMARTS) is 1. The van der Waals surface area contributed by atoms with Gasteiger partial charge in [0.05, 0.1) is 12.5 Å². The average Bonchev–Trinajstić information content (AvgIpc) is 2.78. The van der Waals surface area contributed by atoms with Crippen LogP contribution in [-0.4, -0.2) is 22.5 Å². The number of thiophene rings is 1. The standard InChI is InChI=1S/C13H18N2O3S/c14-13(4-2-5-13)8-11(16)15-9(7-12(17)18)10-3-1-6-19-10/h1,3,6,9H,2,4-5,7-8,14H2,(H,15,16)(H,17,18). The summed E-state index contributed by atoms with van der Waals surface area (Å²) in [5, 5.41) is 13.6. The highest BCUT2D eigenvalue weighted by atomic mass is 32.1. The number of nitrogens with two attached hydrogens (primary N) is 1. The highest BCUT2D eigenvalue weighted by Gasteiger charge is 2.35. The van der Waals surface area contributed by atoms with Gasteiger partial charge >= 0.3 is 5.97 Å². The molecular formula is C13H18N2O3S. The van der Waals surface area contributed by atoms with E-state index in [0.717, 1.165) is 24.1 Å². The summed E-state index contributed by atoms with van der Waals surface area (Å²) >= 11 is 1.44. The third kappa shape index (κ3) is 3.78. The molecule has 1 saturated carbocycles. The molecule has 1 heterocycles. The largest absolute Gasteiger partial charge is 0.481 e. The Hall–Kier alpha value is -1.40. The SMILES string of the molecule is NC1(CC(=O)NC(CC(=O)O)c2cccs2)CCC1. The van der Waals surface area contributed by atoms with E-state index in [-0.39, 0.29) is 24.3 Å². The minimum Gasteiger partial charge on any atom is -0.481 e. The lowest BCUT2D eigenvalue weighted by molar-refractivity contribution is -0.137. The second-order valence-electron chi connectivity index (χ2n) is 5.13. The van der Waals surface area contributed by atoms with Gasteiger partial charge < -0.3 is 16.2 Å². The summed E-state index contributed by atoms with van der Waals surface area (Å²) in [6.07, 6.45) is 2.96. The molecule has 1 unspecified atom stereocenters. The molecule has 104 valence electrons. The highest BCUT2D eigenvalue weighted by Crippen LogP contribution is 2.32. The third-order valence-electron chi connectivity index (χ3n) is 3.46. The number of hydrogen-bond acceptors (Lipinski definition) is 4. The number of rotatable bonds is 6. The Morgan fingerprint density at radius 2 is 2.26 bits per heavy atom. The van der Waals surface area contributed by atoms with Crippen LogP contribution in [0.2, 0.25) is 0 Å². The smallest absolute Gasteiger partial charge is 0.305 e. The summed E-state index contributed by atoms with van der Waals surface area (Å²) in [4.78, 5) is 23.7. The van der Waals surface area contributed by atoms with Crippen LogP contribution in [0.1, 0.15) is 43.0 Å². The molecule has 1 fully saturated rings. The van der Waals surface area contributed by atoms with Gasteiger partial charge in [0.2, 0.25) is 5.91 Å². The van der Waals surface area contributed by atoms with Gasteiger partial charge in [0.25, 0.3) is 0 Å². The van der Waals surface area contributed by atoms with Crippen LogP contribution in [0.15, 0.2) is 17.5 Å². The van der Waals surface area contributed by atoms with Crippen molar-refractivity contribution in [3.05, 3.63) is 22.4 Å². The van der Waals surface area contributed by atoms with E-state index in [1.165, 1.54) is 11.3 Å². The fourth-order valence-electron chi connectivity index (χ4n) is 2.26. The van der Waals surface area contributed by atoms with Gasteiger partial charge in [-0.2, -0.15) is 0 Å². The summed E-state index contributed by atoms with van der Waals surface area (Å²) in [6.45, 7) is 0. The van der Waals surface area contributed by atoms with E-state index in [1.54, 1.807) is 0 Å². The molecule has 1 atom stereocenters. The number of hydrogen-bond donors (Lipinski definition) is 3. The lowest BCUT2D eigenvalue weighted by Gasteiger charge is -2.37. The second kappa shape index (κ2) is 5.71. The topological polar surface area (TPSA) is 92.4 Å². The van der Waals surface area contributed by atoms with Crippen LogP contribution in [0, 0.1) is 0 Å². The first-order chi connectivity index (χ1) is 8.98. The first-order valence-corrected chi connectivity index (χ1v) is 7.20. The van der Waals surface area contributed by atoms with Crippen LogP contribution < -0.4 is 11.1 Å². The molecular weight excluding hydrogens is 264 g/mol. The monoisotopic (exact) mass is 282 g/mol. The molecule has 0 spiro atoms. The second-order valence-corrected chi connectivity index (χ2v) is 6.11. The zero-order chi connectivity index (χ0) is 13.9.